The summed E-state index contributed by atoms with van der Waals surface area (Å²) < 4.78 is 40.5. The molecule has 0 bridgehead atoms. The number of imidazole rings is 1. The maximum atomic E-state index is 11.2. The molecule has 1 rings (SSSR count). The van der Waals surface area contributed by atoms with E-state index in [0.29, 0.717) is 44.1 Å². The number of aromatic nitrogens is 2. The van der Waals surface area contributed by atoms with Crippen molar-refractivity contribution in [2.24, 2.45) is 54.1 Å². The van der Waals surface area contributed by atoms with Gasteiger partial charge in [-0.1, -0.05) is 270 Å². The van der Waals surface area contributed by atoms with Gasteiger partial charge in [0.1, 0.15) is 30.1 Å². The number of terminal acetylenes is 1. The molecule has 1 N–H and O–H groups in total. The number of rotatable bonds is 22. The molecule has 0 spiro atoms. The molecule has 0 saturated carbocycles. The number of hydrogen-bond acceptors (Lipinski definition) is 17. The summed E-state index contributed by atoms with van der Waals surface area (Å²) in [5.74, 6) is 2.48. The van der Waals surface area contributed by atoms with E-state index in [4.69, 9.17) is 15.9 Å². The highest BCUT2D eigenvalue weighted by atomic mass is 32.2. The minimum Gasteiger partial charge on any atom is -0.462 e. The van der Waals surface area contributed by atoms with Gasteiger partial charge in [-0.15, -0.1) is 6.42 Å². The SMILES string of the molecule is C#CC(=O)CC(C)(C)C.C=CC(=O)CC(C)(C)C.C=CC(=O)OC(C=C)C(C)(C)C.C=CC(=O)OCC(C)(C)C.C=CS(=O)(=O)NC(C)(C)C.C=Cc1nccn1CC(C)(C)C.CC(=O)CC(=O)C(C)(C)C.CC(=O)OCC(=O)CC(C)(C)C.CC(C)=CC(=O)C(C)(C)C.CC(C)=CC(=O)CC(C)(C)C.CC(C)=CC(=O)CC(C)(C)C. The Labute approximate surface area is 708 Å². The van der Waals surface area contributed by atoms with Gasteiger partial charge >= 0.3 is 17.9 Å². The van der Waals surface area contributed by atoms with Crippen molar-refractivity contribution in [1.82, 2.24) is 14.3 Å². The number of nitrogens with one attached hydrogen (secondary N) is 1. The van der Waals surface area contributed by atoms with Crippen LogP contribution in [0.5, 0.6) is 0 Å². The lowest BCUT2D eigenvalue weighted by molar-refractivity contribution is -0.146. The Hall–Kier alpha value is -7.89. The summed E-state index contributed by atoms with van der Waals surface area (Å²) in [6.07, 6.45) is 23.5. The average molecular weight is 1650 g/mol. The Kier molecular flexibility index (Phi) is 67.3. The fraction of sp³-hybridized carbons (Fsp3) is 0.646. The molecule has 116 heavy (non-hydrogen) atoms. The van der Waals surface area contributed by atoms with Gasteiger partial charge in [0, 0.05) is 97.3 Å². The highest BCUT2D eigenvalue weighted by molar-refractivity contribution is 7.92. The third-order valence-corrected chi connectivity index (χ3v) is 13.5. The van der Waals surface area contributed by atoms with Crippen LogP contribution in [-0.4, -0.2) is 107 Å². The van der Waals surface area contributed by atoms with Crippen LogP contribution < -0.4 is 4.72 Å². The quantitative estimate of drug-likeness (QED) is 0.0215. The summed E-state index contributed by atoms with van der Waals surface area (Å²) >= 11 is 0. The van der Waals surface area contributed by atoms with Crippen molar-refractivity contribution in [2.45, 2.75) is 341 Å². The van der Waals surface area contributed by atoms with Crippen molar-refractivity contribution in [3.63, 3.8) is 0 Å². The molecule has 0 aliphatic rings. The molecule has 20 heteroatoms. The van der Waals surface area contributed by atoms with Gasteiger partial charge < -0.3 is 18.8 Å². The normalized spacial score (nSPS) is 11.4. The lowest BCUT2D eigenvalue weighted by Crippen LogP contribution is -2.39. The highest BCUT2D eigenvalue weighted by Gasteiger charge is 2.26. The minimum absolute atomic E-state index is 0.0139. The number of Topliss-reactive ketones (excluding diaryl/α,β-unsaturated/α-hetero) is 4. The fourth-order valence-electron chi connectivity index (χ4n) is 7.44. The van der Waals surface area contributed by atoms with Crippen LogP contribution in [0.3, 0.4) is 0 Å². The summed E-state index contributed by atoms with van der Waals surface area (Å²) in [6.45, 7) is 102. The van der Waals surface area contributed by atoms with Gasteiger partial charge in [-0.05, 0) is 143 Å². The van der Waals surface area contributed by atoms with Crippen molar-refractivity contribution in [3.05, 3.63) is 122 Å². The Morgan fingerprint density at radius 1 is 0.491 bits per heavy atom. The maximum absolute atomic E-state index is 11.2. The first-order valence-electron chi connectivity index (χ1n) is 39.1. The molecule has 0 radical (unpaired) electrons. The highest BCUT2D eigenvalue weighted by Crippen LogP contribution is 2.25. The maximum Gasteiger partial charge on any atom is 0.330 e. The van der Waals surface area contributed by atoms with E-state index in [1.54, 1.807) is 51.2 Å². The van der Waals surface area contributed by atoms with Crippen molar-refractivity contribution in [2.75, 3.05) is 13.2 Å². The number of carbonyl (C=O) groups excluding carboxylic acids is 11. The molecule has 1 atom stereocenters. The molecule has 1 aromatic rings. The summed E-state index contributed by atoms with van der Waals surface area (Å²) in [4.78, 5) is 123. The van der Waals surface area contributed by atoms with Crippen molar-refractivity contribution in [1.29, 1.82) is 0 Å². The van der Waals surface area contributed by atoms with E-state index in [-0.39, 0.29) is 120 Å². The Balaban J connectivity index is -0.000000133. The molecule has 0 amide bonds. The molecule has 0 aromatic carbocycles. The summed E-state index contributed by atoms with van der Waals surface area (Å²) in [6, 6.07) is 0. The Morgan fingerprint density at radius 2 is 0.871 bits per heavy atom. The molecule has 1 heterocycles. The number of carbonyl (C=O) groups is 11. The van der Waals surface area contributed by atoms with Crippen LogP contribution in [0.4, 0.5) is 0 Å². The standard InChI is InChI=1S/C10H16N2.C10H16O2.2C10H18O.C9H16O3.C9H16O.2C8H14O2.C8H14O.C8H12O.C6H13NO2S/c1-5-9-11-6-7-12(9)8-10(2,3)4;1-6-8(10(3,4)5)12-9(11)7-2;2*1-8(2)6-9(11)7-10(3,4)5;1-7(10)12-6-8(11)5-9(2,3)4;1-7(2)6-8(10)9(3,4)5;1-6(9)5-7(10)8(2,3)4;1-5-7(9)10-6-8(2,3)4;2*1-5-7(9)6-8(2,3)4;1-5-10(8,9)7-6(2,3)4/h5-7H,1,8H2,2-4H3;6-8H,1-2H2,3-5H3;2*6H,7H2,1-5H3;5-6H2,1-4H3;6H,1-5H3;5H2,1-4H3;5H,1,6H2,2-4H3;5H,1,6H2,2-4H3;1H,6H2,2-4H3;5,7H,1H2,2-4H3. The zero-order chi connectivity index (χ0) is 95.2. The average Bonchev–Trinajstić information content (AvgIpc) is 1.75. The lowest BCUT2D eigenvalue weighted by Gasteiger charge is -2.26. The molecular weight excluding hydrogens is 1480 g/mol. The van der Waals surface area contributed by atoms with Crippen LogP contribution in [-0.2, 0) is 83.5 Å². The number of esters is 3. The van der Waals surface area contributed by atoms with Gasteiger partial charge in [-0.3, -0.25) is 43.2 Å². The summed E-state index contributed by atoms with van der Waals surface area (Å²) in [5.41, 5.74) is 2.77. The van der Waals surface area contributed by atoms with E-state index >= 15 is 0 Å². The zero-order valence-electron chi connectivity index (χ0n) is 80.9. The van der Waals surface area contributed by atoms with Gasteiger partial charge in [-0.25, -0.2) is 27.7 Å². The topological polar surface area (TPSA) is 279 Å². The second-order valence-electron chi connectivity index (χ2n) is 41.3. The van der Waals surface area contributed by atoms with Crippen molar-refractivity contribution >= 4 is 80.3 Å². The monoisotopic (exact) mass is 1650 g/mol. The zero-order valence-corrected chi connectivity index (χ0v) is 81.8. The van der Waals surface area contributed by atoms with Crippen LogP contribution in [0.15, 0.2) is 117 Å². The van der Waals surface area contributed by atoms with Crippen LogP contribution >= 0.6 is 0 Å². The molecule has 1 aromatic heterocycles. The Morgan fingerprint density at radius 3 is 1.08 bits per heavy atom. The van der Waals surface area contributed by atoms with Gasteiger partial charge in [-0.2, -0.15) is 0 Å². The van der Waals surface area contributed by atoms with Gasteiger partial charge in [0.25, 0.3) is 0 Å². The molecular formula is C96H167N3O16S. The summed E-state index contributed by atoms with van der Waals surface area (Å²) in [5, 5.41) is 0.901. The van der Waals surface area contributed by atoms with Gasteiger partial charge in [0.15, 0.2) is 28.9 Å². The van der Waals surface area contributed by atoms with E-state index in [9.17, 15) is 61.2 Å². The number of ketones is 8. The molecule has 0 aliphatic heterocycles. The number of nitrogens with zero attached hydrogens (tertiary/aromatic N) is 2. The van der Waals surface area contributed by atoms with Crippen LogP contribution in [0, 0.1) is 66.5 Å². The third-order valence-electron chi connectivity index (χ3n) is 12.2. The first kappa shape index (κ1) is 129. The number of sulfonamides is 1. The first-order valence-corrected chi connectivity index (χ1v) is 40.7. The third kappa shape index (κ3) is 112. The number of hydrogen-bond donors (Lipinski definition) is 1. The molecule has 1 unspecified atom stereocenters. The van der Waals surface area contributed by atoms with E-state index in [2.05, 4.69) is 127 Å². The van der Waals surface area contributed by atoms with Crippen molar-refractivity contribution in [3.8, 4) is 12.3 Å². The second-order valence-corrected chi connectivity index (χ2v) is 42.9. The molecule has 668 valence electrons. The van der Waals surface area contributed by atoms with Crippen LogP contribution in [0.1, 0.15) is 328 Å². The number of allylic oxidation sites excluding steroid dienone is 7. The molecule has 19 nitrogen and oxygen atoms in total. The fourth-order valence-corrected chi connectivity index (χ4v) is 8.37. The Bertz CT molecular complexity index is 3420. The number of ether oxygens (including phenoxy) is 3. The summed E-state index contributed by atoms with van der Waals surface area (Å²) in [7, 11) is -3.26. The smallest absolute Gasteiger partial charge is 0.330 e. The van der Waals surface area contributed by atoms with E-state index < -0.39 is 27.5 Å². The van der Waals surface area contributed by atoms with Gasteiger partial charge in [0.2, 0.25) is 15.8 Å². The van der Waals surface area contributed by atoms with Gasteiger partial charge in [0.05, 0.1) is 13.0 Å². The van der Waals surface area contributed by atoms with E-state index in [1.165, 1.54) is 26.0 Å². The first-order chi connectivity index (χ1) is 51.2. The van der Waals surface area contributed by atoms with Crippen LogP contribution in [0.2, 0.25) is 0 Å². The van der Waals surface area contributed by atoms with Crippen molar-refractivity contribution < 1.29 is 75.4 Å². The molecule has 0 fully saturated rings. The lowest BCUT2D eigenvalue weighted by atomic mass is 9.88. The minimum atomic E-state index is -3.26. The molecule has 0 aliphatic carbocycles. The van der Waals surface area contributed by atoms with E-state index in [1.807, 2.05) is 199 Å². The predicted octanol–water partition coefficient (Wildman–Crippen LogP) is 22.9. The largest absolute Gasteiger partial charge is 0.462 e. The molecule has 0 saturated heterocycles. The predicted molar refractivity (Wildman–Crippen MR) is 488 cm³/mol. The second kappa shape index (κ2) is 60.6. The van der Waals surface area contributed by atoms with Crippen LogP contribution in [0.25, 0.3) is 6.08 Å². The van der Waals surface area contributed by atoms with E-state index in [0.717, 1.165) is 40.6 Å².